The molecule has 0 aliphatic rings. The molecule has 9 heteroatoms. The number of aromatic nitrogens is 2. The summed E-state index contributed by atoms with van der Waals surface area (Å²) in [6, 6.07) is 8.06. The summed E-state index contributed by atoms with van der Waals surface area (Å²) in [6.07, 6.45) is 2.72. The molecule has 0 bridgehead atoms. The van der Waals surface area contributed by atoms with Crippen molar-refractivity contribution >= 4 is 44.6 Å². The largest absolute Gasteiger partial charge is 0.479 e. The number of rotatable bonds is 8. The van der Waals surface area contributed by atoms with Crippen molar-refractivity contribution in [3.8, 4) is 5.88 Å². The first-order valence-electron chi connectivity index (χ1n) is 9.99. The van der Waals surface area contributed by atoms with Crippen LogP contribution in [0.25, 0.3) is 15.6 Å². The number of carbonyl (C=O) groups is 3. The van der Waals surface area contributed by atoms with E-state index in [1.54, 1.807) is 28.9 Å². The van der Waals surface area contributed by atoms with Crippen LogP contribution in [0.5, 0.6) is 5.88 Å². The van der Waals surface area contributed by atoms with Gasteiger partial charge in [-0.05, 0) is 41.3 Å². The summed E-state index contributed by atoms with van der Waals surface area (Å²) in [5.41, 5.74) is 8.85. The Hall–Kier alpha value is -3.72. The average molecular weight is 452 g/mol. The molecule has 3 heterocycles. The number of primary amides is 1. The Labute approximate surface area is 187 Å². The highest BCUT2D eigenvalue weighted by Gasteiger charge is 2.29. The Morgan fingerprint density at radius 2 is 2.00 bits per heavy atom. The normalized spacial score (nSPS) is 11.2. The van der Waals surface area contributed by atoms with Gasteiger partial charge in [0.25, 0.3) is 11.7 Å². The second-order valence-electron chi connectivity index (χ2n) is 7.37. The van der Waals surface area contributed by atoms with Gasteiger partial charge in [-0.25, -0.2) is 9.78 Å². The summed E-state index contributed by atoms with van der Waals surface area (Å²) < 4.78 is 8.35. The van der Waals surface area contributed by atoms with Crippen LogP contribution in [-0.2, 0) is 22.4 Å². The van der Waals surface area contributed by atoms with Crippen molar-refractivity contribution in [2.24, 2.45) is 5.73 Å². The Morgan fingerprint density at radius 1 is 1.25 bits per heavy atom. The van der Waals surface area contributed by atoms with Crippen LogP contribution < -0.4 is 10.5 Å². The van der Waals surface area contributed by atoms with Crippen molar-refractivity contribution in [2.75, 3.05) is 6.61 Å². The molecule has 164 valence electrons. The van der Waals surface area contributed by atoms with E-state index in [9.17, 15) is 14.4 Å². The zero-order valence-corrected chi connectivity index (χ0v) is 18.4. The molecule has 4 aromatic rings. The molecule has 0 radical (unpaired) electrons. The number of nitrogens with two attached hydrogens (primary N) is 1. The van der Waals surface area contributed by atoms with E-state index in [0.717, 1.165) is 21.3 Å². The number of hydrogen-bond donors (Lipinski definition) is 2. The van der Waals surface area contributed by atoms with Gasteiger partial charge in [0.1, 0.15) is 5.52 Å². The van der Waals surface area contributed by atoms with Crippen LogP contribution in [0.3, 0.4) is 0 Å². The number of fused-ring (bicyclic) bond motifs is 2. The predicted molar refractivity (Wildman–Crippen MR) is 121 cm³/mol. The molecule has 4 rings (SSSR count). The van der Waals surface area contributed by atoms with Crippen molar-refractivity contribution in [3.63, 3.8) is 0 Å². The first-order valence-corrected chi connectivity index (χ1v) is 10.9. The monoisotopic (exact) mass is 451 g/mol. The second kappa shape index (κ2) is 8.43. The zero-order valence-electron chi connectivity index (χ0n) is 17.5. The smallest absolute Gasteiger partial charge is 0.341 e. The minimum Gasteiger partial charge on any atom is -0.479 e. The van der Waals surface area contributed by atoms with Crippen molar-refractivity contribution < 1.29 is 24.2 Å². The van der Waals surface area contributed by atoms with Crippen LogP contribution in [-0.4, -0.2) is 38.8 Å². The molecule has 32 heavy (non-hydrogen) atoms. The lowest BCUT2D eigenvalue weighted by Crippen LogP contribution is -2.24. The van der Waals surface area contributed by atoms with Gasteiger partial charge >= 0.3 is 5.97 Å². The van der Waals surface area contributed by atoms with Gasteiger partial charge in [-0.3, -0.25) is 9.59 Å². The molecule has 3 aromatic heterocycles. The van der Waals surface area contributed by atoms with E-state index in [1.165, 1.54) is 0 Å². The second-order valence-corrected chi connectivity index (χ2v) is 8.28. The maximum absolute atomic E-state index is 12.9. The number of Topliss-reactive ketones (excluding diaryl/α,β-unsaturated/α-hetero) is 1. The number of carboxylic acids is 1. The minimum absolute atomic E-state index is 0.0203. The Kier molecular flexibility index (Phi) is 5.67. The summed E-state index contributed by atoms with van der Waals surface area (Å²) >= 11 is 1.64. The molecule has 0 aliphatic heterocycles. The van der Waals surface area contributed by atoms with Crippen LogP contribution in [0.4, 0.5) is 0 Å². The number of thiophene rings is 1. The molecule has 0 atom stereocenters. The zero-order chi connectivity index (χ0) is 23.0. The molecular formula is C23H21N3O5S. The minimum atomic E-state index is -1.18. The highest BCUT2D eigenvalue weighted by Crippen LogP contribution is 2.35. The topological polar surface area (TPSA) is 124 Å². The predicted octanol–water partition coefficient (Wildman–Crippen LogP) is 3.14. The highest BCUT2D eigenvalue weighted by molar-refractivity contribution is 7.17. The molecule has 0 saturated carbocycles. The van der Waals surface area contributed by atoms with E-state index in [0.29, 0.717) is 24.1 Å². The van der Waals surface area contributed by atoms with Gasteiger partial charge in [-0.15, -0.1) is 11.3 Å². The van der Waals surface area contributed by atoms with E-state index in [4.69, 9.17) is 15.6 Å². The van der Waals surface area contributed by atoms with Crippen LogP contribution in [0.15, 0.2) is 35.8 Å². The van der Waals surface area contributed by atoms with E-state index in [1.807, 2.05) is 25.1 Å². The Bertz CT molecular complexity index is 1390. The van der Waals surface area contributed by atoms with E-state index >= 15 is 0 Å². The maximum atomic E-state index is 12.9. The fourth-order valence-corrected chi connectivity index (χ4v) is 4.95. The number of aliphatic carboxylic acids is 1. The molecule has 0 aliphatic carbocycles. The molecule has 1 amide bonds. The summed E-state index contributed by atoms with van der Waals surface area (Å²) in [7, 11) is 0. The summed E-state index contributed by atoms with van der Waals surface area (Å²) in [5, 5.41) is 12.3. The first kappa shape index (κ1) is 21.5. The third-order valence-corrected chi connectivity index (χ3v) is 6.28. The standard InChI is InChI=1S/C23H21N3O5S/c1-3-14-16(8-13-11-32-17-7-5-4-6-15(13)17)26-9-12(2)25-23(31-10-18(27)28)20(26)19(14)21(29)22(24)30/h4-7,9,11H,3,8,10H2,1-2H3,(H2,24,30)(H,27,28). The molecule has 0 saturated heterocycles. The fraction of sp³-hybridized carbons (Fsp3) is 0.217. The number of ketones is 1. The molecule has 0 unspecified atom stereocenters. The lowest BCUT2D eigenvalue weighted by molar-refractivity contribution is -0.139. The number of carboxylic acid groups (broad SMARTS) is 1. The first-order chi connectivity index (χ1) is 15.3. The number of nitrogens with zero attached hydrogens (tertiary/aromatic N) is 2. The molecule has 8 nitrogen and oxygen atoms in total. The van der Waals surface area contributed by atoms with Crippen LogP contribution in [0.2, 0.25) is 0 Å². The van der Waals surface area contributed by atoms with Gasteiger partial charge in [-0.1, -0.05) is 25.1 Å². The van der Waals surface area contributed by atoms with Gasteiger partial charge in [0.2, 0.25) is 5.88 Å². The molecule has 1 aromatic carbocycles. The number of ether oxygens (including phenoxy) is 1. The highest BCUT2D eigenvalue weighted by atomic mass is 32.1. The Morgan fingerprint density at radius 3 is 2.69 bits per heavy atom. The molecule has 0 fully saturated rings. The van der Waals surface area contributed by atoms with Crippen molar-refractivity contribution in [1.29, 1.82) is 0 Å². The van der Waals surface area contributed by atoms with Crippen molar-refractivity contribution in [1.82, 2.24) is 9.38 Å². The summed E-state index contributed by atoms with van der Waals surface area (Å²) in [5.74, 6) is -3.15. The fourth-order valence-electron chi connectivity index (χ4n) is 3.99. The molecular weight excluding hydrogens is 430 g/mol. The number of amides is 1. The SMILES string of the molecule is CCc1c(C(=O)C(N)=O)c2c(OCC(=O)O)nc(C)cn2c1Cc1csc2ccccc12. The number of carbonyl (C=O) groups excluding carboxylic acids is 2. The number of hydrogen-bond acceptors (Lipinski definition) is 6. The van der Waals surface area contributed by atoms with Crippen LogP contribution in [0, 0.1) is 6.92 Å². The van der Waals surface area contributed by atoms with Gasteiger partial charge in [-0.2, -0.15) is 0 Å². The third kappa shape index (κ3) is 3.71. The lowest BCUT2D eigenvalue weighted by atomic mass is 9.99. The molecule has 0 spiro atoms. The van der Waals surface area contributed by atoms with Crippen LogP contribution in [0.1, 0.15) is 39.8 Å². The third-order valence-electron chi connectivity index (χ3n) is 5.27. The van der Waals surface area contributed by atoms with Crippen LogP contribution >= 0.6 is 11.3 Å². The van der Waals surface area contributed by atoms with Gasteiger partial charge in [0, 0.05) is 23.0 Å². The van der Waals surface area contributed by atoms with E-state index < -0.39 is 24.3 Å². The van der Waals surface area contributed by atoms with Crippen molar-refractivity contribution in [2.45, 2.75) is 26.7 Å². The average Bonchev–Trinajstić information content (AvgIpc) is 3.30. The lowest BCUT2D eigenvalue weighted by Gasteiger charge is -2.09. The molecule has 3 N–H and O–H groups in total. The number of benzene rings is 1. The van der Waals surface area contributed by atoms with Gasteiger partial charge in [0.05, 0.1) is 11.3 Å². The Balaban J connectivity index is 2.00. The summed E-state index contributed by atoms with van der Waals surface area (Å²) in [6.45, 7) is 3.01. The van der Waals surface area contributed by atoms with Crippen molar-refractivity contribution in [3.05, 3.63) is 63.9 Å². The number of aryl methyl sites for hydroxylation is 1. The van der Waals surface area contributed by atoms with Gasteiger partial charge < -0.3 is 20.0 Å². The maximum Gasteiger partial charge on any atom is 0.341 e. The van der Waals surface area contributed by atoms with E-state index in [2.05, 4.69) is 16.4 Å². The van der Waals surface area contributed by atoms with E-state index in [-0.39, 0.29) is 17.0 Å². The van der Waals surface area contributed by atoms with Gasteiger partial charge in [0.15, 0.2) is 6.61 Å². The quantitative estimate of drug-likeness (QED) is 0.313. The summed E-state index contributed by atoms with van der Waals surface area (Å²) in [4.78, 5) is 40.1.